The Morgan fingerprint density at radius 3 is 1.97 bits per heavy atom. The first kappa shape index (κ1) is 24.5. The summed E-state index contributed by atoms with van der Waals surface area (Å²) < 4.78 is 12.8. The molecule has 5 aromatic carbocycles. The fraction of sp³-hybridized carbons (Fsp3) is 0.176. The van der Waals surface area contributed by atoms with Crippen LogP contribution < -0.4 is 10.4 Å². The first-order chi connectivity index (χ1) is 18.3. The van der Waals surface area contributed by atoms with Crippen LogP contribution >= 0.6 is 0 Å². The molecule has 0 amide bonds. The minimum Gasteiger partial charge on any atom is -0.399 e. The number of hydrogen-bond acceptors (Lipinski definition) is 3. The van der Waals surface area contributed by atoms with Gasteiger partial charge in [-0.2, -0.15) is 0 Å². The second-order valence-corrected chi connectivity index (χ2v) is 10.9. The first-order valence-electron chi connectivity index (χ1n) is 13.2. The predicted molar refractivity (Wildman–Crippen MR) is 160 cm³/mol. The average Bonchev–Trinajstić information content (AvgIpc) is 3.16. The Morgan fingerprint density at radius 1 is 0.579 bits per heavy atom. The summed E-state index contributed by atoms with van der Waals surface area (Å²) in [6.07, 6.45) is 0. The molecule has 6 rings (SSSR count). The fourth-order valence-electron chi connectivity index (χ4n) is 5.13. The van der Waals surface area contributed by atoms with E-state index in [1.165, 1.54) is 21.9 Å². The maximum absolute atomic E-state index is 6.42. The lowest BCUT2D eigenvalue weighted by atomic mass is 9.79. The zero-order chi connectivity index (χ0) is 26.3. The van der Waals surface area contributed by atoms with Crippen molar-refractivity contribution in [1.82, 2.24) is 0 Å². The van der Waals surface area contributed by atoms with Crippen LogP contribution in [0.1, 0.15) is 27.7 Å². The van der Waals surface area contributed by atoms with Crippen LogP contribution in [0, 0.1) is 0 Å². The summed E-state index contributed by atoms with van der Waals surface area (Å²) in [6, 6.07) is 42.8. The van der Waals surface area contributed by atoms with E-state index in [1.54, 1.807) is 0 Å². The van der Waals surface area contributed by atoms with Crippen molar-refractivity contribution in [2.75, 3.05) is 4.90 Å². The summed E-state index contributed by atoms with van der Waals surface area (Å²) in [4.78, 5) is 2.36. The fourth-order valence-corrected chi connectivity index (χ4v) is 5.13. The van der Waals surface area contributed by atoms with Gasteiger partial charge in [-0.25, -0.2) is 0 Å². The summed E-state index contributed by atoms with van der Waals surface area (Å²) >= 11 is 0. The topological polar surface area (TPSA) is 21.7 Å². The van der Waals surface area contributed by atoms with Gasteiger partial charge < -0.3 is 14.2 Å². The summed E-state index contributed by atoms with van der Waals surface area (Å²) in [5.41, 5.74) is 5.84. The number of hydrogen-bond donors (Lipinski definition) is 0. The van der Waals surface area contributed by atoms with Crippen molar-refractivity contribution in [2.45, 2.75) is 38.9 Å². The second-order valence-electron chi connectivity index (χ2n) is 10.9. The molecule has 188 valence electrons. The van der Waals surface area contributed by atoms with E-state index in [-0.39, 0.29) is 0 Å². The lowest BCUT2D eigenvalue weighted by molar-refractivity contribution is 0.00578. The van der Waals surface area contributed by atoms with Crippen molar-refractivity contribution in [2.24, 2.45) is 0 Å². The summed E-state index contributed by atoms with van der Waals surface area (Å²) in [6.45, 7) is 8.37. The number of para-hydroxylation sites is 1. The van der Waals surface area contributed by atoms with Gasteiger partial charge in [0.25, 0.3) is 0 Å². The van der Waals surface area contributed by atoms with E-state index >= 15 is 0 Å². The standard InChI is InChI=1S/C34H32BNO2/c1-33(2)34(3,4)38-35(37-33)27-18-13-19-28(24-27)36(32-23-12-17-26-16-8-9-20-30(26)32)31-22-11-10-21-29(31)25-14-6-5-7-15-25/h5-24H,1-4H3. The smallest absolute Gasteiger partial charge is 0.399 e. The molecule has 0 N–H and O–H groups in total. The Morgan fingerprint density at radius 2 is 1.18 bits per heavy atom. The van der Waals surface area contributed by atoms with Gasteiger partial charge in [0.1, 0.15) is 0 Å². The molecule has 0 aliphatic carbocycles. The molecule has 0 atom stereocenters. The third-order valence-corrected chi connectivity index (χ3v) is 7.89. The van der Waals surface area contributed by atoms with E-state index in [4.69, 9.17) is 9.31 Å². The van der Waals surface area contributed by atoms with Gasteiger partial charge in [0, 0.05) is 16.6 Å². The van der Waals surface area contributed by atoms with Crippen molar-refractivity contribution >= 4 is 40.4 Å². The highest BCUT2D eigenvalue weighted by molar-refractivity contribution is 6.62. The van der Waals surface area contributed by atoms with Crippen molar-refractivity contribution in [3.8, 4) is 11.1 Å². The van der Waals surface area contributed by atoms with E-state index < -0.39 is 18.3 Å². The van der Waals surface area contributed by atoms with Crippen LogP contribution in [0.25, 0.3) is 21.9 Å². The zero-order valence-electron chi connectivity index (χ0n) is 22.4. The summed E-state index contributed by atoms with van der Waals surface area (Å²) in [5.74, 6) is 0. The second kappa shape index (κ2) is 9.47. The molecule has 1 saturated heterocycles. The lowest BCUT2D eigenvalue weighted by Gasteiger charge is -2.32. The molecule has 1 aliphatic heterocycles. The van der Waals surface area contributed by atoms with Gasteiger partial charge in [-0.1, -0.05) is 97.1 Å². The van der Waals surface area contributed by atoms with Crippen LogP contribution in [0.5, 0.6) is 0 Å². The van der Waals surface area contributed by atoms with Crippen molar-refractivity contribution in [3.63, 3.8) is 0 Å². The Labute approximate surface area is 225 Å². The number of rotatable bonds is 5. The molecule has 3 nitrogen and oxygen atoms in total. The van der Waals surface area contributed by atoms with E-state index in [9.17, 15) is 0 Å². The SMILES string of the molecule is CC1(C)OB(c2cccc(N(c3ccccc3-c3ccccc3)c3cccc4ccccc34)c2)OC1(C)C. The highest BCUT2D eigenvalue weighted by atomic mass is 16.7. The van der Waals surface area contributed by atoms with Crippen LogP contribution in [0.4, 0.5) is 17.1 Å². The van der Waals surface area contributed by atoms with E-state index in [0.29, 0.717) is 0 Å². The van der Waals surface area contributed by atoms with E-state index in [0.717, 1.165) is 22.5 Å². The highest BCUT2D eigenvalue weighted by Crippen LogP contribution is 2.43. The molecular weight excluding hydrogens is 465 g/mol. The minimum atomic E-state index is -0.432. The number of fused-ring (bicyclic) bond motifs is 1. The van der Waals surface area contributed by atoms with E-state index in [2.05, 4.69) is 154 Å². The molecule has 0 aromatic heterocycles. The quantitative estimate of drug-likeness (QED) is 0.228. The number of nitrogens with zero attached hydrogens (tertiary/aromatic N) is 1. The first-order valence-corrected chi connectivity index (χ1v) is 13.2. The van der Waals surface area contributed by atoms with Crippen molar-refractivity contribution < 1.29 is 9.31 Å². The van der Waals surface area contributed by atoms with Crippen LogP contribution in [0.2, 0.25) is 0 Å². The van der Waals surface area contributed by atoms with Crippen LogP contribution in [0.15, 0.2) is 121 Å². The van der Waals surface area contributed by atoms with Crippen LogP contribution in [-0.4, -0.2) is 18.3 Å². The van der Waals surface area contributed by atoms with E-state index in [1.807, 2.05) is 0 Å². The number of benzene rings is 5. The molecule has 1 aliphatic rings. The average molecular weight is 497 g/mol. The minimum absolute atomic E-state index is 0.400. The maximum atomic E-state index is 6.42. The highest BCUT2D eigenvalue weighted by Gasteiger charge is 2.51. The third-order valence-electron chi connectivity index (χ3n) is 7.89. The van der Waals surface area contributed by atoms with Gasteiger partial charge in [0.2, 0.25) is 0 Å². The Kier molecular flexibility index (Phi) is 6.10. The van der Waals surface area contributed by atoms with Gasteiger partial charge in [-0.15, -0.1) is 0 Å². The van der Waals surface area contributed by atoms with Gasteiger partial charge in [0.15, 0.2) is 0 Å². The maximum Gasteiger partial charge on any atom is 0.494 e. The monoisotopic (exact) mass is 497 g/mol. The van der Waals surface area contributed by atoms with Crippen molar-refractivity contribution in [1.29, 1.82) is 0 Å². The molecule has 0 bridgehead atoms. The van der Waals surface area contributed by atoms with Crippen molar-refractivity contribution in [3.05, 3.63) is 121 Å². The lowest BCUT2D eigenvalue weighted by Crippen LogP contribution is -2.41. The van der Waals surface area contributed by atoms with Gasteiger partial charge in [0.05, 0.1) is 22.6 Å². The molecule has 0 radical (unpaired) electrons. The van der Waals surface area contributed by atoms with Gasteiger partial charge in [-0.05, 0) is 68.4 Å². The van der Waals surface area contributed by atoms with Gasteiger partial charge in [-0.3, -0.25) is 0 Å². The molecule has 5 aromatic rings. The zero-order valence-corrected chi connectivity index (χ0v) is 22.4. The third kappa shape index (κ3) is 4.30. The largest absolute Gasteiger partial charge is 0.494 e. The molecule has 0 saturated carbocycles. The Bertz CT molecular complexity index is 1570. The molecule has 0 unspecified atom stereocenters. The molecule has 1 fully saturated rings. The molecule has 38 heavy (non-hydrogen) atoms. The molecular formula is C34H32BNO2. The molecule has 1 heterocycles. The number of anilines is 3. The van der Waals surface area contributed by atoms with Crippen LogP contribution in [-0.2, 0) is 9.31 Å². The Hall–Kier alpha value is -3.86. The summed E-state index contributed by atoms with van der Waals surface area (Å²) in [7, 11) is -0.432. The van der Waals surface area contributed by atoms with Gasteiger partial charge >= 0.3 is 7.12 Å². The Balaban J connectivity index is 1.55. The van der Waals surface area contributed by atoms with Crippen LogP contribution in [0.3, 0.4) is 0 Å². The summed E-state index contributed by atoms with van der Waals surface area (Å²) in [5, 5.41) is 2.40. The predicted octanol–water partition coefficient (Wildman–Crippen LogP) is 8.28. The molecule has 0 spiro atoms. The molecule has 4 heteroatoms. The normalized spacial score (nSPS) is 16.1.